The molecule has 1 aromatic carbocycles. The summed E-state index contributed by atoms with van der Waals surface area (Å²) in [4.78, 5) is 1.53. The standard InChI is InChI=1S/C19H17F13IN/c20-14(21,15(22,23)16(24,25)17(26,27)18(28,29)19(30,31)32)6-12-9-34(10-13(12)7-33)8-11-4-2-1-3-5-11/h1-5,12-13H,6-10H2/t12-,13+/m1/s1. The Labute approximate surface area is 198 Å². The van der Waals surface area contributed by atoms with Gasteiger partial charge in [-0.3, -0.25) is 4.90 Å². The second-order valence-electron chi connectivity index (χ2n) is 8.06. The van der Waals surface area contributed by atoms with Crippen molar-refractivity contribution in [1.82, 2.24) is 4.90 Å². The minimum absolute atomic E-state index is 0.0584. The largest absolute Gasteiger partial charge is 0.460 e. The van der Waals surface area contributed by atoms with Crippen LogP contribution in [0.2, 0.25) is 0 Å². The van der Waals surface area contributed by atoms with Crippen molar-refractivity contribution in [3.05, 3.63) is 35.9 Å². The van der Waals surface area contributed by atoms with Crippen molar-refractivity contribution >= 4 is 22.6 Å². The Bertz CT molecular complexity index is 825. The van der Waals surface area contributed by atoms with Crippen LogP contribution in [0.5, 0.6) is 0 Å². The fraction of sp³-hybridized carbons (Fsp3) is 0.684. The number of likely N-dealkylation sites (tertiary alicyclic amines) is 1. The number of hydrogen-bond donors (Lipinski definition) is 0. The Balaban J connectivity index is 2.29. The van der Waals surface area contributed by atoms with Crippen LogP contribution in [0, 0.1) is 11.8 Å². The van der Waals surface area contributed by atoms with Gasteiger partial charge in [0.2, 0.25) is 0 Å². The lowest BCUT2D eigenvalue weighted by Gasteiger charge is -2.40. The average Bonchev–Trinajstić information content (AvgIpc) is 3.07. The molecule has 0 aromatic heterocycles. The molecule has 196 valence electrons. The highest BCUT2D eigenvalue weighted by Gasteiger charge is 2.90. The summed E-state index contributed by atoms with van der Waals surface area (Å²) in [6.07, 6.45) is -9.52. The molecule has 0 amide bonds. The van der Waals surface area contributed by atoms with Crippen molar-refractivity contribution in [3.63, 3.8) is 0 Å². The number of nitrogens with zero attached hydrogens (tertiary/aromatic N) is 1. The lowest BCUT2D eigenvalue weighted by atomic mass is 9.85. The SMILES string of the molecule is FC(F)(F)C(F)(F)C(F)(F)C(F)(F)C(F)(F)C(F)(F)C[C@@H]1CN(Cc2ccccc2)C[C@@H]1CI. The molecule has 2 rings (SSSR count). The van der Waals surface area contributed by atoms with Crippen LogP contribution in [-0.4, -0.2) is 58.2 Å². The summed E-state index contributed by atoms with van der Waals surface area (Å²) in [7, 11) is 0. The molecule has 0 radical (unpaired) electrons. The Morgan fingerprint density at radius 3 is 1.62 bits per heavy atom. The van der Waals surface area contributed by atoms with Gasteiger partial charge in [0.25, 0.3) is 0 Å². The van der Waals surface area contributed by atoms with E-state index in [1.54, 1.807) is 52.9 Å². The molecular weight excluding hydrogens is 616 g/mol. The zero-order valence-electron chi connectivity index (χ0n) is 16.8. The first kappa shape index (κ1) is 29.2. The maximum Gasteiger partial charge on any atom is 0.460 e. The lowest BCUT2D eigenvalue weighted by molar-refractivity contribution is -0.440. The summed E-state index contributed by atoms with van der Waals surface area (Å²) in [5, 5.41) is 0. The Morgan fingerprint density at radius 2 is 1.15 bits per heavy atom. The second-order valence-corrected chi connectivity index (χ2v) is 8.94. The first-order valence-corrected chi connectivity index (χ1v) is 11.0. The first-order valence-electron chi connectivity index (χ1n) is 9.51. The number of hydrogen-bond acceptors (Lipinski definition) is 1. The van der Waals surface area contributed by atoms with Crippen molar-refractivity contribution in [2.24, 2.45) is 11.8 Å². The maximum absolute atomic E-state index is 14.3. The van der Waals surface area contributed by atoms with Gasteiger partial charge in [0.05, 0.1) is 0 Å². The summed E-state index contributed by atoms with van der Waals surface area (Å²) in [5.41, 5.74) is 0.702. The number of alkyl halides is 14. The zero-order chi connectivity index (χ0) is 26.4. The Kier molecular flexibility index (Phi) is 8.14. The maximum atomic E-state index is 14.3. The third kappa shape index (κ3) is 4.96. The van der Waals surface area contributed by atoms with Crippen LogP contribution < -0.4 is 0 Å². The summed E-state index contributed by atoms with van der Waals surface area (Å²) in [6.45, 7) is -0.115. The predicted molar refractivity (Wildman–Crippen MR) is 103 cm³/mol. The highest BCUT2D eigenvalue weighted by molar-refractivity contribution is 14.1. The molecule has 1 aliphatic rings. The van der Waals surface area contributed by atoms with Gasteiger partial charge in [-0.2, -0.15) is 57.1 Å². The van der Waals surface area contributed by atoms with Gasteiger partial charge in [0, 0.05) is 30.5 Å². The van der Waals surface area contributed by atoms with Crippen molar-refractivity contribution < 1.29 is 57.1 Å². The highest BCUT2D eigenvalue weighted by atomic mass is 127. The molecule has 0 unspecified atom stereocenters. The topological polar surface area (TPSA) is 3.24 Å². The smallest absolute Gasteiger partial charge is 0.298 e. The van der Waals surface area contributed by atoms with E-state index in [1.165, 1.54) is 4.90 Å². The minimum Gasteiger partial charge on any atom is -0.298 e. The molecule has 2 atom stereocenters. The van der Waals surface area contributed by atoms with Crippen LogP contribution in [0.3, 0.4) is 0 Å². The number of rotatable bonds is 9. The quantitative estimate of drug-likeness (QED) is 0.157. The summed E-state index contributed by atoms with van der Waals surface area (Å²) >= 11 is 1.72. The molecule has 0 bridgehead atoms. The molecular formula is C19H17F13IN. The van der Waals surface area contributed by atoms with Gasteiger partial charge in [-0.1, -0.05) is 52.9 Å². The fourth-order valence-corrected chi connectivity index (χ4v) is 4.67. The third-order valence-electron chi connectivity index (χ3n) is 5.62. The van der Waals surface area contributed by atoms with E-state index < -0.39 is 54.0 Å². The fourth-order valence-electron chi connectivity index (χ4n) is 3.67. The first-order chi connectivity index (χ1) is 15.2. The van der Waals surface area contributed by atoms with Crippen LogP contribution >= 0.6 is 22.6 Å². The number of halogens is 14. The third-order valence-corrected chi connectivity index (χ3v) is 6.75. The highest BCUT2D eigenvalue weighted by Crippen LogP contribution is 2.61. The molecule has 1 fully saturated rings. The Morgan fingerprint density at radius 1 is 0.676 bits per heavy atom. The molecule has 0 spiro atoms. The average molecular weight is 633 g/mol. The minimum atomic E-state index is -7.86. The van der Waals surface area contributed by atoms with E-state index in [9.17, 15) is 57.1 Å². The van der Waals surface area contributed by atoms with Crippen LogP contribution in [-0.2, 0) is 6.54 Å². The molecule has 1 saturated heterocycles. The van der Waals surface area contributed by atoms with Gasteiger partial charge >= 0.3 is 35.8 Å². The van der Waals surface area contributed by atoms with Crippen LogP contribution in [0.15, 0.2) is 30.3 Å². The molecule has 1 heterocycles. The van der Waals surface area contributed by atoms with Crippen LogP contribution in [0.4, 0.5) is 57.1 Å². The molecule has 34 heavy (non-hydrogen) atoms. The molecule has 0 saturated carbocycles. The van der Waals surface area contributed by atoms with Crippen LogP contribution in [0.1, 0.15) is 12.0 Å². The summed E-state index contributed by atoms with van der Waals surface area (Å²) in [5.74, 6) is -38.8. The summed E-state index contributed by atoms with van der Waals surface area (Å²) in [6, 6.07) is 8.33. The molecule has 1 aliphatic heterocycles. The molecule has 1 aromatic rings. The molecule has 0 aliphatic carbocycles. The second kappa shape index (κ2) is 9.47. The molecule has 0 N–H and O–H groups in total. The Hall–Kier alpha value is -1.00. The van der Waals surface area contributed by atoms with Gasteiger partial charge in [0.15, 0.2) is 0 Å². The van der Waals surface area contributed by atoms with E-state index in [2.05, 4.69) is 0 Å². The summed E-state index contributed by atoms with van der Waals surface area (Å²) < 4.78 is 174. The van der Waals surface area contributed by atoms with E-state index in [4.69, 9.17) is 0 Å². The molecule has 15 heteroatoms. The molecule has 1 nitrogen and oxygen atoms in total. The van der Waals surface area contributed by atoms with Gasteiger partial charge in [-0.05, 0) is 17.4 Å². The number of benzene rings is 1. The van der Waals surface area contributed by atoms with Crippen LogP contribution in [0.25, 0.3) is 0 Å². The van der Waals surface area contributed by atoms with E-state index in [-0.39, 0.29) is 24.1 Å². The zero-order valence-corrected chi connectivity index (χ0v) is 19.0. The lowest BCUT2D eigenvalue weighted by Crippen LogP contribution is -2.70. The monoisotopic (exact) mass is 633 g/mol. The predicted octanol–water partition coefficient (Wildman–Crippen LogP) is 7.30. The normalized spacial score (nSPS) is 21.8. The van der Waals surface area contributed by atoms with Gasteiger partial charge in [-0.15, -0.1) is 0 Å². The van der Waals surface area contributed by atoms with E-state index in [0.29, 0.717) is 5.56 Å². The van der Waals surface area contributed by atoms with Crippen molar-refractivity contribution in [3.8, 4) is 0 Å². The van der Waals surface area contributed by atoms with E-state index in [0.717, 1.165) is 0 Å². The van der Waals surface area contributed by atoms with Crippen molar-refractivity contribution in [2.45, 2.75) is 48.8 Å². The van der Waals surface area contributed by atoms with E-state index in [1.807, 2.05) is 0 Å². The van der Waals surface area contributed by atoms with Gasteiger partial charge in [0.1, 0.15) is 0 Å². The van der Waals surface area contributed by atoms with Crippen molar-refractivity contribution in [1.29, 1.82) is 0 Å². The van der Waals surface area contributed by atoms with E-state index >= 15 is 0 Å². The van der Waals surface area contributed by atoms with Gasteiger partial charge < -0.3 is 0 Å². The van der Waals surface area contributed by atoms with Gasteiger partial charge in [-0.25, -0.2) is 0 Å². The van der Waals surface area contributed by atoms with Crippen molar-refractivity contribution in [2.75, 3.05) is 17.5 Å².